The number of halogens is 1. The Hall–Kier alpha value is -1.53. The number of rotatable bonds is 2. The maximum Gasteiger partial charge on any atom is 0.252 e. The number of nitrogens with zero attached hydrogens (tertiary/aromatic N) is 1. The van der Waals surface area contributed by atoms with Gasteiger partial charge in [-0.05, 0) is 32.0 Å². The van der Waals surface area contributed by atoms with E-state index in [0.717, 1.165) is 0 Å². The molecule has 0 atom stereocenters. The Kier molecular flexibility index (Phi) is 3.33. The number of hydrogen-bond donors (Lipinski definition) is 1. The Morgan fingerprint density at radius 1 is 1.53 bits per heavy atom. The Labute approximate surface area is 93.7 Å². The zero-order valence-electron chi connectivity index (χ0n) is 8.54. The van der Waals surface area contributed by atoms with Gasteiger partial charge in [0.25, 0.3) is 5.91 Å². The highest BCUT2D eigenvalue weighted by Gasteiger charge is 2.20. The van der Waals surface area contributed by atoms with Gasteiger partial charge in [-0.3, -0.25) is 4.79 Å². The normalized spacial score (nSPS) is 10.5. The van der Waals surface area contributed by atoms with Crippen LogP contribution in [0.25, 0.3) is 0 Å². The average molecular weight is 223 g/mol. The van der Waals surface area contributed by atoms with Crippen LogP contribution in [0.5, 0.6) is 0 Å². The van der Waals surface area contributed by atoms with Crippen LogP contribution in [0, 0.1) is 11.3 Å². The van der Waals surface area contributed by atoms with Crippen molar-refractivity contribution in [3.8, 4) is 6.07 Å². The van der Waals surface area contributed by atoms with Gasteiger partial charge in [0, 0.05) is 10.6 Å². The zero-order chi connectivity index (χ0) is 11.5. The monoisotopic (exact) mass is 222 g/mol. The fraction of sp³-hybridized carbons (Fsp3) is 0.273. The first kappa shape index (κ1) is 11.5. The van der Waals surface area contributed by atoms with E-state index in [2.05, 4.69) is 5.32 Å². The van der Waals surface area contributed by atoms with Crippen LogP contribution in [0.3, 0.4) is 0 Å². The zero-order valence-corrected chi connectivity index (χ0v) is 9.30. The molecule has 0 saturated carbocycles. The first-order chi connectivity index (χ1) is 6.94. The molecule has 1 aromatic rings. The molecule has 0 heterocycles. The van der Waals surface area contributed by atoms with Crippen molar-refractivity contribution in [3.63, 3.8) is 0 Å². The quantitative estimate of drug-likeness (QED) is 0.835. The van der Waals surface area contributed by atoms with Gasteiger partial charge in [0.2, 0.25) is 0 Å². The highest BCUT2D eigenvalue weighted by atomic mass is 35.5. The largest absolute Gasteiger partial charge is 0.334 e. The van der Waals surface area contributed by atoms with Gasteiger partial charge >= 0.3 is 0 Å². The topological polar surface area (TPSA) is 52.9 Å². The summed E-state index contributed by atoms with van der Waals surface area (Å²) in [7, 11) is 0. The summed E-state index contributed by atoms with van der Waals surface area (Å²) in [6, 6.07) is 8.58. The molecule has 1 N–H and O–H groups in total. The fourth-order valence-corrected chi connectivity index (χ4v) is 1.20. The van der Waals surface area contributed by atoms with Gasteiger partial charge in [-0.15, -0.1) is 0 Å². The number of nitrogens with one attached hydrogen (secondary N) is 1. The Balaban J connectivity index is 2.84. The van der Waals surface area contributed by atoms with Crippen LogP contribution >= 0.6 is 11.6 Å². The first-order valence-electron chi connectivity index (χ1n) is 4.44. The number of carbonyl (C=O) groups excluding carboxylic acids is 1. The van der Waals surface area contributed by atoms with Crippen LogP contribution in [0.4, 0.5) is 0 Å². The molecule has 0 aliphatic rings. The molecule has 4 heteroatoms. The predicted octanol–water partition coefficient (Wildman–Crippen LogP) is 2.37. The first-order valence-corrected chi connectivity index (χ1v) is 4.82. The minimum atomic E-state index is -0.876. The lowest BCUT2D eigenvalue weighted by Crippen LogP contribution is -2.42. The van der Waals surface area contributed by atoms with Gasteiger partial charge in [-0.25, -0.2) is 0 Å². The summed E-state index contributed by atoms with van der Waals surface area (Å²) in [5.41, 5.74) is -0.426. The molecule has 0 aromatic heterocycles. The smallest absolute Gasteiger partial charge is 0.252 e. The predicted molar refractivity (Wildman–Crippen MR) is 58.6 cm³/mol. The number of amides is 1. The van der Waals surface area contributed by atoms with Gasteiger partial charge in [0.05, 0.1) is 6.07 Å². The summed E-state index contributed by atoms with van der Waals surface area (Å²) < 4.78 is 0. The lowest BCUT2D eigenvalue weighted by Gasteiger charge is -2.17. The molecule has 0 radical (unpaired) electrons. The second kappa shape index (κ2) is 4.33. The molecule has 0 bridgehead atoms. The van der Waals surface area contributed by atoms with E-state index in [0.29, 0.717) is 10.6 Å². The van der Waals surface area contributed by atoms with Crippen molar-refractivity contribution < 1.29 is 4.79 Å². The van der Waals surface area contributed by atoms with E-state index in [1.807, 2.05) is 6.07 Å². The van der Waals surface area contributed by atoms with Gasteiger partial charge in [0.15, 0.2) is 0 Å². The molecule has 0 saturated heterocycles. The van der Waals surface area contributed by atoms with E-state index in [1.54, 1.807) is 38.1 Å². The van der Waals surface area contributed by atoms with Gasteiger partial charge < -0.3 is 5.32 Å². The fourth-order valence-electron chi connectivity index (χ4n) is 1.01. The molecule has 1 amide bonds. The number of carbonyl (C=O) groups is 1. The summed E-state index contributed by atoms with van der Waals surface area (Å²) in [5, 5.41) is 11.8. The minimum absolute atomic E-state index is 0.302. The molecule has 0 unspecified atom stereocenters. The molecule has 0 aliphatic carbocycles. The summed E-state index contributed by atoms with van der Waals surface area (Å²) in [6.45, 7) is 3.27. The lowest BCUT2D eigenvalue weighted by molar-refractivity contribution is 0.0929. The summed E-state index contributed by atoms with van der Waals surface area (Å²) in [4.78, 5) is 11.7. The molecule has 3 nitrogen and oxygen atoms in total. The van der Waals surface area contributed by atoms with Crippen molar-refractivity contribution in [1.82, 2.24) is 5.32 Å². The van der Waals surface area contributed by atoms with Crippen LogP contribution in [-0.4, -0.2) is 11.4 Å². The standard InChI is InChI=1S/C11H11ClN2O/c1-11(2,7-13)14-10(15)8-4-3-5-9(12)6-8/h3-6H,1-2H3,(H,14,15). The highest BCUT2D eigenvalue weighted by Crippen LogP contribution is 2.11. The molecule has 0 aliphatic heterocycles. The van der Waals surface area contributed by atoms with Crippen LogP contribution in [0.1, 0.15) is 24.2 Å². The van der Waals surface area contributed by atoms with E-state index in [9.17, 15) is 4.79 Å². The molecular formula is C11H11ClN2O. The van der Waals surface area contributed by atoms with Crippen molar-refractivity contribution in [3.05, 3.63) is 34.9 Å². The average Bonchev–Trinajstić information content (AvgIpc) is 2.17. The van der Waals surface area contributed by atoms with Gasteiger partial charge in [-0.2, -0.15) is 5.26 Å². The molecule has 0 spiro atoms. The number of benzene rings is 1. The number of nitriles is 1. The van der Waals surface area contributed by atoms with Crippen molar-refractivity contribution >= 4 is 17.5 Å². The maximum absolute atomic E-state index is 11.7. The third kappa shape index (κ3) is 3.26. The van der Waals surface area contributed by atoms with E-state index < -0.39 is 5.54 Å². The molecule has 78 valence electrons. The SMILES string of the molecule is CC(C)(C#N)NC(=O)c1cccc(Cl)c1. The lowest BCUT2D eigenvalue weighted by atomic mass is 10.1. The van der Waals surface area contributed by atoms with E-state index in [1.165, 1.54) is 0 Å². The third-order valence-electron chi connectivity index (χ3n) is 1.79. The highest BCUT2D eigenvalue weighted by molar-refractivity contribution is 6.30. The molecule has 0 fully saturated rings. The molecule has 1 aromatic carbocycles. The third-order valence-corrected chi connectivity index (χ3v) is 2.03. The second-order valence-electron chi connectivity index (χ2n) is 3.70. The van der Waals surface area contributed by atoms with Crippen LogP contribution < -0.4 is 5.32 Å². The van der Waals surface area contributed by atoms with Crippen molar-refractivity contribution in [2.24, 2.45) is 0 Å². The molecule has 1 rings (SSSR count). The summed E-state index contributed by atoms with van der Waals surface area (Å²) in [6.07, 6.45) is 0. The maximum atomic E-state index is 11.7. The Morgan fingerprint density at radius 3 is 2.73 bits per heavy atom. The van der Waals surface area contributed by atoms with E-state index >= 15 is 0 Å². The second-order valence-corrected chi connectivity index (χ2v) is 4.14. The number of hydrogen-bond acceptors (Lipinski definition) is 2. The molecule has 15 heavy (non-hydrogen) atoms. The molecular weight excluding hydrogens is 212 g/mol. The summed E-state index contributed by atoms with van der Waals surface area (Å²) >= 11 is 5.75. The van der Waals surface area contributed by atoms with Crippen LogP contribution in [-0.2, 0) is 0 Å². The van der Waals surface area contributed by atoms with Crippen molar-refractivity contribution in [2.45, 2.75) is 19.4 Å². The van der Waals surface area contributed by atoms with Crippen molar-refractivity contribution in [1.29, 1.82) is 5.26 Å². The minimum Gasteiger partial charge on any atom is -0.334 e. The van der Waals surface area contributed by atoms with E-state index in [4.69, 9.17) is 16.9 Å². The van der Waals surface area contributed by atoms with E-state index in [-0.39, 0.29) is 5.91 Å². The van der Waals surface area contributed by atoms with Gasteiger partial charge in [-0.1, -0.05) is 17.7 Å². The summed E-state index contributed by atoms with van der Waals surface area (Å²) in [5.74, 6) is -0.302. The van der Waals surface area contributed by atoms with Crippen LogP contribution in [0.15, 0.2) is 24.3 Å². The van der Waals surface area contributed by atoms with Crippen molar-refractivity contribution in [2.75, 3.05) is 0 Å². The van der Waals surface area contributed by atoms with Gasteiger partial charge in [0.1, 0.15) is 5.54 Å². The Morgan fingerprint density at radius 2 is 2.20 bits per heavy atom. The van der Waals surface area contributed by atoms with Crippen LogP contribution in [0.2, 0.25) is 5.02 Å². The Bertz CT molecular complexity index is 421.